The van der Waals surface area contributed by atoms with Crippen molar-refractivity contribution in [2.45, 2.75) is 91.0 Å². The van der Waals surface area contributed by atoms with Crippen LogP contribution < -0.4 is 10.6 Å². The lowest BCUT2D eigenvalue weighted by atomic mass is 9.79. The highest BCUT2D eigenvalue weighted by Crippen LogP contribution is 2.28. The van der Waals surface area contributed by atoms with Crippen LogP contribution in [0.3, 0.4) is 0 Å². The maximum Gasteiger partial charge on any atom is 0.333 e. The van der Waals surface area contributed by atoms with E-state index in [2.05, 4.69) is 38.3 Å². The molecule has 0 aromatic heterocycles. The second kappa shape index (κ2) is 5.99. The van der Waals surface area contributed by atoms with E-state index in [0.717, 1.165) is 18.5 Å². The van der Waals surface area contributed by atoms with E-state index in [1.807, 2.05) is 27.7 Å². The molecular weight excluding hydrogens is 264 g/mol. The molecule has 2 N–H and O–H groups in total. The Morgan fingerprint density at radius 1 is 1.19 bits per heavy atom. The molecule has 0 aromatic rings. The van der Waals surface area contributed by atoms with Gasteiger partial charge >= 0.3 is 5.97 Å². The molecule has 1 saturated heterocycles. The molecule has 4 nitrogen and oxygen atoms in total. The third-order valence-electron chi connectivity index (χ3n) is 3.36. The Kier molecular flexibility index (Phi) is 5.14. The lowest BCUT2D eigenvalue weighted by Gasteiger charge is -2.47. The number of rotatable bonds is 3. The summed E-state index contributed by atoms with van der Waals surface area (Å²) in [6.45, 7) is 16.4. The fraction of sp³-hybridized carbons (Fsp3) is 0.824. The highest BCUT2D eigenvalue weighted by atomic mass is 16.6. The maximum atomic E-state index is 11.8. The molecule has 0 unspecified atom stereocenters. The first kappa shape index (κ1) is 18.0. The summed E-state index contributed by atoms with van der Waals surface area (Å²) in [6, 6.07) is 0.356. The molecule has 1 heterocycles. The second-order valence-electron chi connectivity index (χ2n) is 8.50. The molecule has 1 aliphatic rings. The quantitative estimate of drug-likeness (QED) is 0.620. The number of hydrogen-bond acceptors (Lipinski definition) is 4. The van der Waals surface area contributed by atoms with E-state index in [9.17, 15) is 4.79 Å². The van der Waals surface area contributed by atoms with Crippen molar-refractivity contribution in [3.63, 3.8) is 0 Å². The smallest absolute Gasteiger partial charge is 0.333 e. The van der Waals surface area contributed by atoms with Gasteiger partial charge in [0.25, 0.3) is 0 Å². The van der Waals surface area contributed by atoms with Crippen LogP contribution in [0, 0.1) is 0 Å². The summed E-state index contributed by atoms with van der Waals surface area (Å²) in [6.07, 6.45) is 3.60. The topological polar surface area (TPSA) is 50.4 Å². The highest BCUT2D eigenvalue weighted by Gasteiger charge is 2.37. The molecule has 0 amide bonds. The molecule has 0 saturated carbocycles. The fourth-order valence-electron chi connectivity index (χ4n) is 3.30. The monoisotopic (exact) mass is 296 g/mol. The lowest BCUT2D eigenvalue weighted by Crippen LogP contribution is -2.61. The molecular formula is C17H32N2O2. The summed E-state index contributed by atoms with van der Waals surface area (Å²) in [5.74, 6) is -0.292. The Bertz CT molecular complexity index is 401. The standard InChI is InChI=1S/C17H32N2O2/c1-12(9-14(20)21-15(2,3)4)18-13-10-16(5,6)19-17(7,8)11-13/h9,13,18-19H,10-11H2,1-8H3/b12-9-. The van der Waals surface area contributed by atoms with Gasteiger partial charge < -0.3 is 15.4 Å². The van der Waals surface area contributed by atoms with Crippen LogP contribution in [0.2, 0.25) is 0 Å². The molecule has 1 aliphatic heterocycles. The summed E-state index contributed by atoms with van der Waals surface area (Å²) in [7, 11) is 0. The summed E-state index contributed by atoms with van der Waals surface area (Å²) >= 11 is 0. The predicted octanol–water partition coefficient (Wildman–Crippen LogP) is 3.13. The molecule has 0 aromatic carbocycles. The molecule has 4 heteroatoms. The first-order chi connectivity index (χ1) is 9.28. The molecule has 1 fully saturated rings. The van der Waals surface area contributed by atoms with Crippen molar-refractivity contribution in [1.29, 1.82) is 0 Å². The van der Waals surface area contributed by atoms with Crippen molar-refractivity contribution in [3.8, 4) is 0 Å². The van der Waals surface area contributed by atoms with Crippen LogP contribution in [0.25, 0.3) is 0 Å². The van der Waals surface area contributed by atoms with Crippen molar-refractivity contribution in [2.75, 3.05) is 0 Å². The van der Waals surface area contributed by atoms with Gasteiger partial charge in [0.2, 0.25) is 0 Å². The van der Waals surface area contributed by atoms with Crippen LogP contribution in [0.4, 0.5) is 0 Å². The second-order valence-corrected chi connectivity index (χ2v) is 8.50. The van der Waals surface area contributed by atoms with Crippen LogP contribution in [0.15, 0.2) is 11.8 Å². The summed E-state index contributed by atoms with van der Waals surface area (Å²) in [5.41, 5.74) is 0.590. The van der Waals surface area contributed by atoms with Gasteiger partial charge in [0, 0.05) is 28.9 Å². The van der Waals surface area contributed by atoms with E-state index in [1.54, 1.807) is 6.08 Å². The van der Waals surface area contributed by atoms with E-state index < -0.39 is 5.60 Å². The molecule has 122 valence electrons. The average Bonchev–Trinajstić information content (AvgIpc) is 2.06. The summed E-state index contributed by atoms with van der Waals surface area (Å²) in [4.78, 5) is 11.8. The Balaban J connectivity index is 2.65. The van der Waals surface area contributed by atoms with Gasteiger partial charge in [-0.25, -0.2) is 4.79 Å². The van der Waals surface area contributed by atoms with Crippen LogP contribution in [-0.2, 0) is 9.53 Å². The molecule has 0 bridgehead atoms. The van der Waals surface area contributed by atoms with Crippen LogP contribution >= 0.6 is 0 Å². The lowest BCUT2D eigenvalue weighted by molar-refractivity contribution is -0.148. The van der Waals surface area contributed by atoms with Gasteiger partial charge in [-0.1, -0.05) is 0 Å². The number of esters is 1. The van der Waals surface area contributed by atoms with Gasteiger partial charge in [-0.3, -0.25) is 0 Å². The van der Waals surface area contributed by atoms with Crippen LogP contribution in [0.1, 0.15) is 68.2 Å². The zero-order valence-corrected chi connectivity index (χ0v) is 14.9. The predicted molar refractivity (Wildman–Crippen MR) is 87.1 cm³/mol. The molecule has 21 heavy (non-hydrogen) atoms. The van der Waals surface area contributed by atoms with E-state index >= 15 is 0 Å². The van der Waals surface area contributed by atoms with Crippen molar-refractivity contribution >= 4 is 5.97 Å². The number of piperidine rings is 1. The number of carbonyl (C=O) groups is 1. The third-order valence-corrected chi connectivity index (χ3v) is 3.36. The molecule has 0 aliphatic carbocycles. The van der Waals surface area contributed by atoms with Gasteiger partial charge in [-0.2, -0.15) is 0 Å². The minimum Gasteiger partial charge on any atom is -0.457 e. The normalized spacial score (nSPS) is 22.8. The number of nitrogens with one attached hydrogen (secondary N) is 2. The van der Waals surface area contributed by atoms with Gasteiger partial charge in [0.05, 0.1) is 0 Å². The zero-order valence-electron chi connectivity index (χ0n) is 14.9. The zero-order chi connectivity index (χ0) is 16.5. The molecule has 0 atom stereocenters. The summed E-state index contributed by atoms with van der Waals surface area (Å²) in [5, 5.41) is 7.12. The highest BCUT2D eigenvalue weighted by molar-refractivity contribution is 5.82. The van der Waals surface area contributed by atoms with E-state index in [-0.39, 0.29) is 17.0 Å². The van der Waals surface area contributed by atoms with Crippen molar-refractivity contribution in [2.24, 2.45) is 0 Å². The Hall–Kier alpha value is -1.03. The Morgan fingerprint density at radius 2 is 1.67 bits per heavy atom. The SMILES string of the molecule is C/C(=C/C(=O)OC(C)(C)C)NC1CC(C)(C)NC(C)(C)C1. The van der Waals surface area contributed by atoms with Crippen LogP contribution in [0.5, 0.6) is 0 Å². The van der Waals surface area contributed by atoms with Crippen molar-refractivity contribution in [3.05, 3.63) is 11.8 Å². The average molecular weight is 296 g/mol. The number of ether oxygens (including phenoxy) is 1. The van der Waals surface area contributed by atoms with Crippen molar-refractivity contribution in [1.82, 2.24) is 10.6 Å². The molecule has 1 rings (SSSR count). The van der Waals surface area contributed by atoms with Gasteiger partial charge in [0.1, 0.15) is 5.60 Å². The van der Waals surface area contributed by atoms with E-state index in [0.29, 0.717) is 6.04 Å². The molecule has 0 radical (unpaired) electrons. The third kappa shape index (κ3) is 6.98. The molecule has 0 spiro atoms. The van der Waals surface area contributed by atoms with E-state index in [4.69, 9.17) is 4.74 Å². The first-order valence-corrected chi connectivity index (χ1v) is 7.75. The fourth-order valence-corrected chi connectivity index (χ4v) is 3.30. The summed E-state index contributed by atoms with van der Waals surface area (Å²) < 4.78 is 5.31. The maximum absolute atomic E-state index is 11.8. The first-order valence-electron chi connectivity index (χ1n) is 7.75. The van der Waals surface area contributed by atoms with Gasteiger partial charge in [-0.05, 0) is 68.2 Å². The number of allylic oxidation sites excluding steroid dienone is 1. The van der Waals surface area contributed by atoms with Gasteiger partial charge in [-0.15, -0.1) is 0 Å². The van der Waals surface area contributed by atoms with Gasteiger partial charge in [0.15, 0.2) is 0 Å². The number of hydrogen-bond donors (Lipinski definition) is 2. The number of carbonyl (C=O) groups excluding carboxylic acids is 1. The van der Waals surface area contributed by atoms with Crippen molar-refractivity contribution < 1.29 is 9.53 Å². The minimum atomic E-state index is -0.452. The van der Waals surface area contributed by atoms with E-state index in [1.165, 1.54) is 0 Å². The Morgan fingerprint density at radius 3 is 2.10 bits per heavy atom. The van der Waals surface area contributed by atoms with Crippen LogP contribution in [-0.4, -0.2) is 28.7 Å². The minimum absolute atomic E-state index is 0.0889. The largest absolute Gasteiger partial charge is 0.457 e. The Labute approximate surface area is 129 Å².